The van der Waals surface area contributed by atoms with Gasteiger partial charge in [0.25, 0.3) is 0 Å². The van der Waals surface area contributed by atoms with E-state index in [0.717, 1.165) is 17.5 Å². The molecule has 0 aliphatic carbocycles. The molecule has 0 fully saturated rings. The van der Waals surface area contributed by atoms with Crippen LogP contribution in [0.4, 0.5) is 4.39 Å². The first kappa shape index (κ1) is 16.5. The molecule has 0 nitrogen and oxygen atoms in total. The largest absolute Gasteiger partial charge is 0.206 e. The summed E-state index contributed by atoms with van der Waals surface area (Å²) in [5, 5.41) is -0.277. The molecular weight excluding hydrogens is 351 g/mol. The lowest BCUT2D eigenvalue weighted by atomic mass is 9.82. The van der Waals surface area contributed by atoms with E-state index >= 15 is 0 Å². The zero-order valence-corrected chi connectivity index (χ0v) is 14.8. The van der Waals surface area contributed by atoms with E-state index in [9.17, 15) is 4.39 Å². The van der Waals surface area contributed by atoms with Crippen molar-refractivity contribution in [2.24, 2.45) is 0 Å². The molecule has 2 rings (SSSR count). The number of rotatable bonds is 4. The fourth-order valence-electron chi connectivity index (χ4n) is 2.17. The second-order valence-electron chi connectivity index (χ2n) is 5.90. The molecule has 0 aliphatic heterocycles. The first-order chi connectivity index (χ1) is 9.85. The van der Waals surface area contributed by atoms with Gasteiger partial charge in [0.05, 0.1) is 9.85 Å². The second-order valence-corrected chi connectivity index (χ2v) is 7.19. The van der Waals surface area contributed by atoms with Gasteiger partial charge in [-0.15, -0.1) is 11.6 Å². The van der Waals surface area contributed by atoms with Gasteiger partial charge in [-0.2, -0.15) is 0 Å². The lowest BCUT2D eigenvalue weighted by Gasteiger charge is -2.24. The maximum absolute atomic E-state index is 13.3. The minimum Gasteiger partial charge on any atom is -0.206 e. The second kappa shape index (κ2) is 6.50. The molecule has 2 aromatic carbocycles. The zero-order chi connectivity index (χ0) is 15.6. The predicted molar refractivity (Wildman–Crippen MR) is 91.6 cm³/mol. The van der Waals surface area contributed by atoms with Crippen molar-refractivity contribution in [2.45, 2.75) is 38.0 Å². The lowest BCUT2D eigenvalue weighted by Crippen LogP contribution is -2.15. The first-order valence-electron chi connectivity index (χ1n) is 7.04. The summed E-state index contributed by atoms with van der Waals surface area (Å²) in [6.07, 6.45) is 1.08. The summed E-state index contributed by atoms with van der Waals surface area (Å²) in [4.78, 5) is 0. The summed E-state index contributed by atoms with van der Waals surface area (Å²) in [6, 6.07) is 13.3. The molecule has 0 bridgehead atoms. The zero-order valence-electron chi connectivity index (χ0n) is 12.5. The van der Waals surface area contributed by atoms with E-state index in [-0.39, 0.29) is 16.6 Å². The van der Waals surface area contributed by atoms with Crippen LogP contribution in [0.1, 0.15) is 49.3 Å². The number of hydrogen-bond donors (Lipinski definition) is 0. The van der Waals surface area contributed by atoms with Gasteiger partial charge < -0.3 is 0 Å². The molecule has 112 valence electrons. The Morgan fingerprint density at radius 3 is 2.19 bits per heavy atom. The van der Waals surface area contributed by atoms with Crippen LogP contribution in [0.5, 0.6) is 0 Å². The van der Waals surface area contributed by atoms with Crippen LogP contribution in [0.2, 0.25) is 0 Å². The summed E-state index contributed by atoms with van der Waals surface area (Å²) in [7, 11) is 0. The third-order valence-electron chi connectivity index (χ3n) is 4.11. The van der Waals surface area contributed by atoms with Crippen molar-refractivity contribution in [2.75, 3.05) is 0 Å². The van der Waals surface area contributed by atoms with Crippen molar-refractivity contribution in [3.63, 3.8) is 0 Å². The first-order valence-corrected chi connectivity index (χ1v) is 8.27. The molecule has 0 amide bonds. The molecular formula is C18H19BrClF. The fourth-order valence-corrected chi connectivity index (χ4v) is 2.85. The molecule has 21 heavy (non-hydrogen) atoms. The van der Waals surface area contributed by atoms with Crippen LogP contribution in [0.25, 0.3) is 0 Å². The molecule has 0 spiro atoms. The van der Waals surface area contributed by atoms with Crippen molar-refractivity contribution in [1.29, 1.82) is 0 Å². The van der Waals surface area contributed by atoms with Crippen LogP contribution in [0.15, 0.2) is 46.9 Å². The monoisotopic (exact) mass is 368 g/mol. The van der Waals surface area contributed by atoms with Crippen molar-refractivity contribution in [3.05, 3.63) is 69.4 Å². The Bertz CT molecular complexity index is 620. The Balaban J connectivity index is 2.27. The molecule has 0 saturated heterocycles. The van der Waals surface area contributed by atoms with Crippen LogP contribution >= 0.6 is 27.5 Å². The molecule has 0 radical (unpaired) electrons. The Kier molecular flexibility index (Phi) is 5.11. The number of benzene rings is 2. The van der Waals surface area contributed by atoms with Crippen LogP contribution in [0, 0.1) is 5.82 Å². The molecule has 1 atom stereocenters. The van der Waals surface area contributed by atoms with Crippen LogP contribution < -0.4 is 0 Å². The maximum atomic E-state index is 13.3. The Hall–Kier alpha value is -0.860. The molecule has 1 unspecified atom stereocenters. The lowest BCUT2D eigenvalue weighted by molar-refractivity contribution is 0.506. The molecule has 2 aromatic rings. The van der Waals surface area contributed by atoms with Crippen molar-refractivity contribution in [3.8, 4) is 0 Å². The van der Waals surface area contributed by atoms with E-state index in [2.05, 4.69) is 61.0 Å². The summed E-state index contributed by atoms with van der Waals surface area (Å²) in [5.41, 5.74) is 3.37. The third-order valence-corrected chi connectivity index (χ3v) is 5.22. The Labute approximate surface area is 139 Å². The minimum absolute atomic E-state index is 0.166. The van der Waals surface area contributed by atoms with Crippen molar-refractivity contribution < 1.29 is 4.39 Å². The highest BCUT2D eigenvalue weighted by Crippen LogP contribution is 2.33. The third kappa shape index (κ3) is 3.67. The van der Waals surface area contributed by atoms with E-state index in [4.69, 9.17) is 11.6 Å². The van der Waals surface area contributed by atoms with E-state index < -0.39 is 0 Å². The molecule has 0 N–H and O–H groups in total. The van der Waals surface area contributed by atoms with E-state index in [1.807, 2.05) is 0 Å². The average Bonchev–Trinajstić information content (AvgIpc) is 2.49. The maximum Gasteiger partial charge on any atom is 0.137 e. The van der Waals surface area contributed by atoms with Gasteiger partial charge in [-0.1, -0.05) is 51.1 Å². The topological polar surface area (TPSA) is 0 Å². The average molecular weight is 370 g/mol. The van der Waals surface area contributed by atoms with E-state index in [0.29, 0.717) is 4.47 Å². The standard InChI is InChI=1S/C18H19BrClF/c1-4-18(2,3)14-8-5-12(6-9-14)17(20)13-7-10-16(21)15(19)11-13/h5-11,17H,4H2,1-3H3. The van der Waals surface area contributed by atoms with Gasteiger partial charge >= 0.3 is 0 Å². The summed E-state index contributed by atoms with van der Waals surface area (Å²) < 4.78 is 13.7. The van der Waals surface area contributed by atoms with Gasteiger partial charge in [-0.25, -0.2) is 4.39 Å². The quantitative estimate of drug-likeness (QED) is 0.532. The van der Waals surface area contributed by atoms with E-state index in [1.54, 1.807) is 12.1 Å². The summed E-state index contributed by atoms with van der Waals surface area (Å²) in [5.74, 6) is -0.275. The minimum atomic E-state index is -0.277. The highest BCUT2D eigenvalue weighted by atomic mass is 79.9. The smallest absolute Gasteiger partial charge is 0.137 e. The van der Waals surface area contributed by atoms with Crippen LogP contribution in [-0.2, 0) is 5.41 Å². The molecule has 0 aliphatic rings. The molecule has 0 saturated carbocycles. The molecule has 3 heteroatoms. The predicted octanol–water partition coefficient (Wildman–Crippen LogP) is 6.60. The van der Waals surface area contributed by atoms with Crippen molar-refractivity contribution in [1.82, 2.24) is 0 Å². The van der Waals surface area contributed by atoms with E-state index in [1.165, 1.54) is 11.6 Å². The molecule has 0 heterocycles. The fraction of sp³-hybridized carbons (Fsp3) is 0.333. The highest BCUT2D eigenvalue weighted by Gasteiger charge is 2.19. The van der Waals surface area contributed by atoms with Gasteiger partial charge in [0, 0.05) is 0 Å². The van der Waals surface area contributed by atoms with Gasteiger partial charge in [0.2, 0.25) is 0 Å². The number of halogens is 3. The normalized spacial score (nSPS) is 13.2. The van der Waals surface area contributed by atoms with Crippen LogP contribution in [0.3, 0.4) is 0 Å². The Morgan fingerprint density at radius 1 is 1.10 bits per heavy atom. The van der Waals surface area contributed by atoms with Gasteiger partial charge in [0.15, 0.2) is 0 Å². The summed E-state index contributed by atoms with van der Waals surface area (Å²) in [6.45, 7) is 6.66. The SMILES string of the molecule is CCC(C)(C)c1ccc(C(Cl)c2ccc(F)c(Br)c2)cc1. The number of hydrogen-bond acceptors (Lipinski definition) is 0. The number of alkyl halides is 1. The highest BCUT2D eigenvalue weighted by molar-refractivity contribution is 9.10. The molecule has 0 aromatic heterocycles. The van der Waals surface area contributed by atoms with Gasteiger partial charge in [-0.3, -0.25) is 0 Å². The van der Waals surface area contributed by atoms with Crippen LogP contribution in [-0.4, -0.2) is 0 Å². The summed E-state index contributed by atoms with van der Waals surface area (Å²) >= 11 is 9.71. The van der Waals surface area contributed by atoms with Gasteiger partial charge in [0.1, 0.15) is 5.82 Å². The van der Waals surface area contributed by atoms with Gasteiger partial charge in [-0.05, 0) is 56.6 Å². The Morgan fingerprint density at radius 2 is 1.67 bits per heavy atom. The van der Waals surface area contributed by atoms with Crippen molar-refractivity contribution >= 4 is 27.5 Å².